The number of thiocarbonyl (C=S) groups is 1. The normalized spacial score (nSPS) is 7.46. The van der Waals surface area contributed by atoms with E-state index in [0.717, 1.165) is 6.20 Å². The number of nitrogens with zero attached hydrogens (tertiary/aromatic N) is 2. The Morgan fingerprint density at radius 2 is 2.31 bits per heavy atom. The minimum absolute atomic E-state index is 0. The van der Waals surface area contributed by atoms with Gasteiger partial charge in [0.15, 0.2) is 6.33 Å². The van der Waals surface area contributed by atoms with Crippen LogP contribution in [-0.4, -0.2) is 19.2 Å². The number of nitrogens with one attached hydrogen (secondary N) is 1. The molecule has 9 heteroatoms. The van der Waals surface area contributed by atoms with Crippen molar-refractivity contribution in [1.29, 1.82) is 0 Å². The molecule has 0 bridgehead atoms. The molecule has 0 saturated carbocycles. The molecule has 74 valence electrons. The third-order valence-electron chi connectivity index (χ3n) is 0.680. The standard InChI is InChI=1S/C3H3N3O2.CH3NS2.Os/c7-6(8)3-1-4-2-5-3;2-1(3)4;/h1-2H,(H,4,5);(H3,2,3,4);. The van der Waals surface area contributed by atoms with Gasteiger partial charge in [0, 0.05) is 19.8 Å². The molecule has 13 heavy (non-hydrogen) atoms. The third-order valence-corrected chi connectivity index (χ3v) is 0.680. The number of nitro groups is 1. The van der Waals surface area contributed by atoms with Crippen LogP contribution in [0.2, 0.25) is 0 Å². The molecule has 0 aromatic carbocycles. The molecule has 1 heterocycles. The van der Waals surface area contributed by atoms with Gasteiger partial charge in [0.2, 0.25) is 0 Å². The monoisotopic (exact) mass is 398 g/mol. The predicted molar refractivity (Wildman–Crippen MR) is 51.0 cm³/mol. The largest absolute Gasteiger partial charge is 0.385 e. The van der Waals surface area contributed by atoms with Gasteiger partial charge in [-0.2, -0.15) is 0 Å². The first-order chi connectivity index (χ1) is 5.54. The van der Waals surface area contributed by atoms with Crippen LogP contribution in [0.3, 0.4) is 0 Å². The average Bonchev–Trinajstić information content (AvgIpc) is 2.34. The van der Waals surface area contributed by atoms with E-state index in [2.05, 4.69) is 34.8 Å². The van der Waals surface area contributed by atoms with Gasteiger partial charge in [0.1, 0.15) is 10.5 Å². The molecule has 1 aromatic rings. The van der Waals surface area contributed by atoms with Crippen molar-refractivity contribution in [2.75, 3.05) is 0 Å². The fourth-order valence-corrected chi connectivity index (χ4v) is 0.348. The van der Waals surface area contributed by atoms with Gasteiger partial charge >= 0.3 is 5.82 Å². The molecule has 0 aliphatic rings. The van der Waals surface area contributed by atoms with Gasteiger partial charge in [-0.15, -0.1) is 12.6 Å². The second-order valence-electron chi connectivity index (χ2n) is 1.53. The molecule has 0 radical (unpaired) electrons. The molecular formula is C4H6N4O2OsS2. The first kappa shape index (κ1) is 15.0. The van der Waals surface area contributed by atoms with E-state index in [1.807, 2.05) is 0 Å². The van der Waals surface area contributed by atoms with Crippen LogP contribution >= 0.6 is 24.8 Å². The van der Waals surface area contributed by atoms with Crippen LogP contribution in [-0.2, 0) is 19.8 Å². The zero-order valence-electron chi connectivity index (χ0n) is 6.15. The van der Waals surface area contributed by atoms with E-state index in [-0.39, 0.29) is 29.9 Å². The summed E-state index contributed by atoms with van der Waals surface area (Å²) in [5.41, 5.74) is 4.71. The molecule has 6 nitrogen and oxygen atoms in total. The number of imidazole rings is 1. The molecule has 3 N–H and O–H groups in total. The van der Waals surface area contributed by atoms with Crippen molar-refractivity contribution in [2.24, 2.45) is 5.73 Å². The van der Waals surface area contributed by atoms with Gasteiger partial charge in [-0.1, -0.05) is 12.2 Å². The predicted octanol–water partition coefficient (Wildman–Crippen LogP) is 0.475. The van der Waals surface area contributed by atoms with E-state index in [1.54, 1.807) is 0 Å². The molecule has 0 unspecified atom stereocenters. The number of aromatic nitrogens is 2. The Balaban J connectivity index is 0. The topological polar surface area (TPSA) is 97.8 Å². The van der Waals surface area contributed by atoms with Gasteiger partial charge in [0.05, 0.1) is 0 Å². The van der Waals surface area contributed by atoms with E-state index < -0.39 is 4.92 Å². The zero-order chi connectivity index (χ0) is 9.56. The summed E-state index contributed by atoms with van der Waals surface area (Å²) in [6, 6.07) is 0. The summed E-state index contributed by atoms with van der Waals surface area (Å²) in [6.07, 6.45) is 2.41. The maximum atomic E-state index is 9.80. The zero-order valence-corrected chi connectivity index (χ0v) is 10.4. The Bertz CT molecular complexity index is 261. The number of thiol groups is 1. The fraction of sp³-hybridized carbons (Fsp3) is 0. The molecule has 1 aromatic heterocycles. The van der Waals surface area contributed by atoms with Crippen LogP contribution in [0.15, 0.2) is 12.5 Å². The van der Waals surface area contributed by atoms with E-state index >= 15 is 0 Å². The molecule has 0 spiro atoms. The van der Waals surface area contributed by atoms with Gasteiger partial charge in [-0.3, -0.25) is 0 Å². The van der Waals surface area contributed by atoms with Gasteiger partial charge in [-0.05, 0) is 4.92 Å². The Kier molecular flexibility index (Phi) is 9.34. The Labute approximate surface area is 97.9 Å². The summed E-state index contributed by atoms with van der Waals surface area (Å²) >= 11 is 7.65. The van der Waals surface area contributed by atoms with Crippen molar-refractivity contribution in [3.8, 4) is 0 Å². The summed E-state index contributed by atoms with van der Waals surface area (Å²) in [5, 5.41) is 9.80. The number of H-pyrrole nitrogens is 1. The quantitative estimate of drug-likeness (QED) is 0.278. The van der Waals surface area contributed by atoms with Crippen molar-refractivity contribution in [3.05, 3.63) is 22.6 Å². The summed E-state index contributed by atoms with van der Waals surface area (Å²) in [7, 11) is 0. The van der Waals surface area contributed by atoms with Gasteiger partial charge in [-0.25, -0.2) is 9.97 Å². The second kappa shape index (κ2) is 8.10. The molecular weight excluding hydrogens is 390 g/mol. The molecule has 0 fully saturated rings. The fourth-order valence-electron chi connectivity index (χ4n) is 0.348. The molecule has 0 aliphatic heterocycles. The summed E-state index contributed by atoms with van der Waals surface area (Å²) in [4.78, 5) is 15.0. The Hall–Kier alpha value is -0.514. The van der Waals surface area contributed by atoms with Crippen molar-refractivity contribution in [3.63, 3.8) is 0 Å². The summed E-state index contributed by atoms with van der Waals surface area (Å²) in [6.45, 7) is 0. The maximum Gasteiger partial charge on any atom is 0.340 e. The summed E-state index contributed by atoms with van der Waals surface area (Å²) in [5.74, 6) is -0.0787. The molecule has 0 amide bonds. The van der Waals surface area contributed by atoms with E-state index in [1.165, 1.54) is 6.33 Å². The number of hydrogen-bond donors (Lipinski definition) is 3. The number of aromatic amines is 1. The van der Waals surface area contributed by atoms with Crippen molar-refractivity contribution in [1.82, 2.24) is 9.97 Å². The average molecular weight is 396 g/mol. The number of nitrogens with two attached hydrogens (primary N) is 1. The van der Waals surface area contributed by atoms with Crippen LogP contribution in [0.25, 0.3) is 0 Å². The van der Waals surface area contributed by atoms with Crippen LogP contribution in [0.4, 0.5) is 5.82 Å². The van der Waals surface area contributed by atoms with Gasteiger partial charge < -0.3 is 15.8 Å². The third kappa shape index (κ3) is 9.40. The SMILES string of the molecule is NC(=S)S.O=[N+]([O-])c1cnc[nH]1.[Os]. The molecule has 0 atom stereocenters. The number of rotatable bonds is 1. The number of hydrogen-bond acceptors (Lipinski definition) is 4. The Morgan fingerprint density at radius 3 is 2.46 bits per heavy atom. The van der Waals surface area contributed by atoms with Crippen LogP contribution < -0.4 is 5.73 Å². The van der Waals surface area contributed by atoms with Gasteiger partial charge in [0.25, 0.3) is 0 Å². The van der Waals surface area contributed by atoms with Crippen LogP contribution in [0.1, 0.15) is 0 Å². The Morgan fingerprint density at radius 1 is 1.85 bits per heavy atom. The smallest absolute Gasteiger partial charge is 0.340 e. The molecule has 0 saturated heterocycles. The van der Waals surface area contributed by atoms with E-state index in [9.17, 15) is 10.1 Å². The van der Waals surface area contributed by atoms with Crippen molar-refractivity contribution >= 4 is 35.0 Å². The first-order valence-corrected chi connectivity index (χ1v) is 3.50. The van der Waals surface area contributed by atoms with Crippen LogP contribution in [0.5, 0.6) is 0 Å². The van der Waals surface area contributed by atoms with Crippen molar-refractivity contribution in [2.45, 2.75) is 0 Å². The minimum atomic E-state index is -0.535. The second-order valence-corrected chi connectivity index (χ2v) is 2.76. The van der Waals surface area contributed by atoms with Crippen LogP contribution in [0, 0.1) is 10.1 Å². The first-order valence-electron chi connectivity index (χ1n) is 2.65. The minimum Gasteiger partial charge on any atom is -0.385 e. The van der Waals surface area contributed by atoms with E-state index in [4.69, 9.17) is 5.73 Å². The van der Waals surface area contributed by atoms with E-state index in [0.29, 0.717) is 0 Å². The molecule has 1 rings (SSSR count). The maximum absolute atomic E-state index is 9.80. The molecule has 0 aliphatic carbocycles. The summed E-state index contributed by atoms with van der Waals surface area (Å²) < 4.78 is 0.194. The van der Waals surface area contributed by atoms with Crippen molar-refractivity contribution < 1.29 is 24.7 Å².